The Kier molecular flexibility index (Phi) is 5.28. The Bertz CT molecular complexity index is 757. The number of anilines is 1. The molecule has 8 heteroatoms. The monoisotopic (exact) mass is 351 g/mol. The van der Waals surface area contributed by atoms with Gasteiger partial charge in [-0.15, -0.1) is 0 Å². The van der Waals surface area contributed by atoms with Crippen molar-refractivity contribution in [1.82, 2.24) is 10.3 Å². The van der Waals surface area contributed by atoms with Gasteiger partial charge in [0, 0.05) is 11.6 Å². The third kappa shape index (κ3) is 4.14. The van der Waals surface area contributed by atoms with Gasteiger partial charge in [-0.2, -0.15) is 8.78 Å². The van der Waals surface area contributed by atoms with E-state index < -0.39 is 18.7 Å². The van der Waals surface area contributed by atoms with Crippen LogP contribution in [0.5, 0.6) is 5.75 Å². The molecule has 0 saturated heterocycles. The summed E-state index contributed by atoms with van der Waals surface area (Å²) in [5, 5.41) is 15.9. The number of aliphatic hydroxyl groups is 1. The summed E-state index contributed by atoms with van der Waals surface area (Å²) in [5.74, 6) is -0.0562. The largest absolute Gasteiger partial charge is 0.432 e. The van der Waals surface area contributed by atoms with Crippen molar-refractivity contribution in [3.63, 3.8) is 0 Å². The molecular weight excluding hydrogens is 332 g/mol. The number of hydrogen-bond donors (Lipinski definition) is 3. The Balaban J connectivity index is 1.78. The van der Waals surface area contributed by atoms with Crippen LogP contribution in [0.15, 0.2) is 30.5 Å². The first-order valence-corrected chi connectivity index (χ1v) is 8.12. The quantitative estimate of drug-likeness (QED) is 0.789. The third-order valence-corrected chi connectivity index (χ3v) is 4.24. The molecule has 1 aromatic carbocycles. The van der Waals surface area contributed by atoms with Crippen LogP contribution < -0.4 is 15.4 Å². The number of carbonyl (C=O) groups is 1. The van der Waals surface area contributed by atoms with E-state index in [1.807, 2.05) is 0 Å². The Morgan fingerprint density at radius 3 is 2.84 bits per heavy atom. The number of amides is 2. The Hall–Kier alpha value is -2.48. The van der Waals surface area contributed by atoms with Gasteiger partial charge in [0.25, 0.3) is 0 Å². The number of nitrogens with one attached hydrogen (secondary N) is 2. The Morgan fingerprint density at radius 1 is 1.28 bits per heavy atom. The van der Waals surface area contributed by atoms with Crippen molar-refractivity contribution < 1.29 is 23.4 Å². The Labute approximate surface area is 143 Å². The number of halogens is 2. The van der Waals surface area contributed by atoms with Gasteiger partial charge in [-0.25, -0.2) is 4.79 Å². The second kappa shape index (κ2) is 7.60. The zero-order chi connectivity index (χ0) is 17.8. The van der Waals surface area contributed by atoms with E-state index in [0.29, 0.717) is 17.5 Å². The lowest BCUT2D eigenvalue weighted by Gasteiger charge is -2.28. The number of hydrogen-bond acceptors (Lipinski definition) is 4. The van der Waals surface area contributed by atoms with Crippen LogP contribution in [0.2, 0.25) is 0 Å². The highest BCUT2D eigenvalue weighted by Crippen LogP contribution is 2.31. The normalized spacial score (nSPS) is 20.5. The molecule has 0 aliphatic heterocycles. The lowest BCUT2D eigenvalue weighted by Crippen LogP contribution is -2.46. The highest BCUT2D eigenvalue weighted by molar-refractivity contribution is 6.02. The molecule has 1 aliphatic rings. The third-order valence-electron chi connectivity index (χ3n) is 4.24. The lowest BCUT2D eigenvalue weighted by atomic mass is 9.93. The van der Waals surface area contributed by atoms with E-state index in [4.69, 9.17) is 0 Å². The summed E-state index contributed by atoms with van der Waals surface area (Å²) < 4.78 is 29.5. The van der Waals surface area contributed by atoms with Crippen LogP contribution >= 0.6 is 0 Å². The van der Waals surface area contributed by atoms with Crippen molar-refractivity contribution in [3.8, 4) is 5.75 Å². The van der Waals surface area contributed by atoms with Gasteiger partial charge in [0.2, 0.25) is 0 Å². The number of ether oxygens (including phenoxy) is 1. The minimum absolute atomic E-state index is 0.0562. The van der Waals surface area contributed by atoms with E-state index >= 15 is 0 Å². The molecule has 2 amide bonds. The van der Waals surface area contributed by atoms with E-state index in [-0.39, 0.29) is 17.3 Å². The topological polar surface area (TPSA) is 83.5 Å². The first kappa shape index (κ1) is 17.3. The maximum atomic E-state index is 12.5. The van der Waals surface area contributed by atoms with Crippen molar-refractivity contribution in [3.05, 3.63) is 30.5 Å². The fraction of sp³-hybridized carbons (Fsp3) is 0.412. The molecule has 1 fully saturated rings. The van der Waals surface area contributed by atoms with Crippen molar-refractivity contribution in [2.24, 2.45) is 0 Å². The number of pyridine rings is 1. The highest BCUT2D eigenvalue weighted by Gasteiger charge is 2.24. The van der Waals surface area contributed by atoms with E-state index in [1.165, 1.54) is 18.3 Å². The molecule has 6 nitrogen and oxygen atoms in total. The molecule has 25 heavy (non-hydrogen) atoms. The van der Waals surface area contributed by atoms with E-state index in [1.54, 1.807) is 12.1 Å². The number of aliphatic hydroxyl groups excluding tert-OH is 1. The molecule has 1 aromatic heterocycles. The number of fused-ring (bicyclic) bond motifs is 1. The highest BCUT2D eigenvalue weighted by atomic mass is 19.3. The SMILES string of the molecule is O=C(Nc1ccc(OC(F)F)c2ncccc12)NC1CCCCC1O. The molecule has 0 spiro atoms. The minimum Gasteiger partial charge on any atom is -0.432 e. The van der Waals surface area contributed by atoms with Crippen molar-refractivity contribution >= 4 is 22.6 Å². The summed E-state index contributed by atoms with van der Waals surface area (Å²) in [6, 6.07) is 5.37. The second-order valence-corrected chi connectivity index (χ2v) is 5.95. The van der Waals surface area contributed by atoms with Gasteiger partial charge in [0.1, 0.15) is 5.52 Å². The first-order chi connectivity index (χ1) is 12.0. The molecule has 3 N–H and O–H groups in total. The number of aromatic nitrogens is 1. The molecule has 134 valence electrons. The first-order valence-electron chi connectivity index (χ1n) is 8.12. The predicted octanol–water partition coefficient (Wildman–Crippen LogP) is 3.26. The van der Waals surface area contributed by atoms with Gasteiger partial charge < -0.3 is 20.5 Å². The number of alkyl halides is 2. The van der Waals surface area contributed by atoms with Crippen LogP contribution in [0.3, 0.4) is 0 Å². The summed E-state index contributed by atoms with van der Waals surface area (Å²) in [6.07, 6.45) is 4.19. The molecule has 2 atom stereocenters. The maximum Gasteiger partial charge on any atom is 0.387 e. The predicted molar refractivity (Wildman–Crippen MR) is 88.8 cm³/mol. The smallest absolute Gasteiger partial charge is 0.387 e. The van der Waals surface area contributed by atoms with Crippen LogP contribution in [0.1, 0.15) is 25.7 Å². The Morgan fingerprint density at radius 2 is 2.08 bits per heavy atom. The van der Waals surface area contributed by atoms with Gasteiger partial charge >= 0.3 is 12.6 Å². The average molecular weight is 351 g/mol. The summed E-state index contributed by atoms with van der Waals surface area (Å²) in [4.78, 5) is 16.3. The molecular formula is C17H19F2N3O3. The van der Waals surface area contributed by atoms with Crippen LogP contribution in [0.4, 0.5) is 19.3 Å². The lowest BCUT2D eigenvalue weighted by molar-refractivity contribution is -0.0489. The van der Waals surface area contributed by atoms with Crippen LogP contribution in [-0.4, -0.2) is 34.9 Å². The van der Waals surface area contributed by atoms with Crippen molar-refractivity contribution in [2.45, 2.75) is 44.4 Å². The van der Waals surface area contributed by atoms with Crippen LogP contribution in [-0.2, 0) is 0 Å². The molecule has 1 aliphatic carbocycles. The van der Waals surface area contributed by atoms with Gasteiger partial charge in [-0.3, -0.25) is 4.98 Å². The number of nitrogens with zero attached hydrogens (tertiary/aromatic N) is 1. The summed E-state index contributed by atoms with van der Waals surface area (Å²) >= 11 is 0. The summed E-state index contributed by atoms with van der Waals surface area (Å²) in [6.45, 7) is -2.96. The van der Waals surface area contributed by atoms with E-state index in [9.17, 15) is 18.7 Å². The molecule has 3 rings (SSSR count). The average Bonchev–Trinajstić information content (AvgIpc) is 2.59. The zero-order valence-electron chi connectivity index (χ0n) is 13.4. The van der Waals surface area contributed by atoms with E-state index in [0.717, 1.165) is 19.3 Å². The van der Waals surface area contributed by atoms with Gasteiger partial charge in [-0.1, -0.05) is 12.8 Å². The maximum absolute atomic E-state index is 12.5. The van der Waals surface area contributed by atoms with Crippen molar-refractivity contribution in [2.75, 3.05) is 5.32 Å². The van der Waals surface area contributed by atoms with Gasteiger partial charge in [0.05, 0.1) is 17.8 Å². The van der Waals surface area contributed by atoms with Gasteiger partial charge in [-0.05, 0) is 37.1 Å². The van der Waals surface area contributed by atoms with Crippen LogP contribution in [0, 0.1) is 0 Å². The number of urea groups is 1. The number of carbonyl (C=O) groups excluding carboxylic acids is 1. The second-order valence-electron chi connectivity index (χ2n) is 5.95. The van der Waals surface area contributed by atoms with Gasteiger partial charge in [0.15, 0.2) is 5.75 Å². The fourth-order valence-electron chi connectivity index (χ4n) is 3.05. The number of benzene rings is 1. The standard InChI is InChI=1S/C17H19F2N3O3/c18-16(19)25-14-8-7-11(10-4-3-9-20-15(10)14)21-17(24)22-12-5-1-2-6-13(12)23/h3-4,7-9,12-13,16,23H,1-2,5-6H2,(H2,21,22,24). The molecule has 2 aromatic rings. The molecule has 0 bridgehead atoms. The number of rotatable bonds is 4. The molecule has 1 saturated carbocycles. The molecule has 0 radical (unpaired) electrons. The van der Waals surface area contributed by atoms with Crippen molar-refractivity contribution in [1.29, 1.82) is 0 Å². The summed E-state index contributed by atoms with van der Waals surface area (Å²) in [5.41, 5.74) is 0.658. The molecule has 2 unspecified atom stereocenters. The molecule has 1 heterocycles. The minimum atomic E-state index is -2.96. The van der Waals surface area contributed by atoms with Crippen LogP contribution in [0.25, 0.3) is 10.9 Å². The van der Waals surface area contributed by atoms with E-state index in [2.05, 4.69) is 20.4 Å². The summed E-state index contributed by atoms with van der Waals surface area (Å²) in [7, 11) is 0. The zero-order valence-corrected chi connectivity index (χ0v) is 13.4. The fourth-order valence-corrected chi connectivity index (χ4v) is 3.05.